The predicted molar refractivity (Wildman–Crippen MR) is 115 cm³/mol. The van der Waals surface area contributed by atoms with Crippen molar-refractivity contribution in [2.45, 2.75) is 13.3 Å². The molecule has 0 unspecified atom stereocenters. The van der Waals surface area contributed by atoms with E-state index in [4.69, 9.17) is 4.42 Å². The van der Waals surface area contributed by atoms with Gasteiger partial charge in [-0.3, -0.25) is 19.7 Å². The van der Waals surface area contributed by atoms with Gasteiger partial charge in [-0.1, -0.05) is 25.1 Å². The van der Waals surface area contributed by atoms with E-state index in [1.165, 1.54) is 23.1 Å². The average Bonchev–Trinajstić information content (AvgIpc) is 3.32. The molecule has 0 saturated carbocycles. The van der Waals surface area contributed by atoms with E-state index in [1.54, 1.807) is 36.4 Å². The van der Waals surface area contributed by atoms with Crippen molar-refractivity contribution >= 4 is 40.4 Å². The number of nitro groups is 1. The van der Waals surface area contributed by atoms with Crippen LogP contribution in [0.25, 0.3) is 17.4 Å². The first-order chi connectivity index (χ1) is 14.5. The average molecular weight is 420 g/mol. The fraction of sp³-hybridized carbons (Fsp3) is 0.0909. The maximum absolute atomic E-state index is 12.9. The summed E-state index contributed by atoms with van der Waals surface area (Å²) >= 11 is 0.864. The number of hydrogen-bond acceptors (Lipinski definition) is 6. The van der Waals surface area contributed by atoms with Gasteiger partial charge in [-0.05, 0) is 54.1 Å². The van der Waals surface area contributed by atoms with Gasteiger partial charge < -0.3 is 4.42 Å². The summed E-state index contributed by atoms with van der Waals surface area (Å²) in [6.07, 6.45) is 2.24. The van der Waals surface area contributed by atoms with Gasteiger partial charge in [0, 0.05) is 23.8 Å². The summed E-state index contributed by atoms with van der Waals surface area (Å²) in [6, 6.07) is 16.7. The highest BCUT2D eigenvalue weighted by Crippen LogP contribution is 2.37. The molecule has 0 spiro atoms. The number of imide groups is 1. The SMILES string of the molecule is CCc1ccccc1N1C(=O)S/C(=C/c2ccc(-c3ccc([N+](=O)[O-])cc3)o2)C1=O. The summed E-state index contributed by atoms with van der Waals surface area (Å²) in [4.78, 5) is 37.2. The van der Waals surface area contributed by atoms with Crippen molar-refractivity contribution < 1.29 is 18.9 Å². The number of amides is 2. The van der Waals surface area contributed by atoms with Gasteiger partial charge >= 0.3 is 0 Å². The molecule has 2 heterocycles. The number of benzene rings is 2. The molecule has 1 fully saturated rings. The molecule has 2 amide bonds. The van der Waals surface area contributed by atoms with Gasteiger partial charge in [-0.25, -0.2) is 4.90 Å². The summed E-state index contributed by atoms with van der Waals surface area (Å²) in [5.74, 6) is 0.531. The molecule has 1 aromatic heterocycles. The number of thioether (sulfide) groups is 1. The molecular weight excluding hydrogens is 404 g/mol. The summed E-state index contributed by atoms with van der Waals surface area (Å²) < 4.78 is 5.76. The quantitative estimate of drug-likeness (QED) is 0.300. The fourth-order valence-corrected chi connectivity index (χ4v) is 3.98. The molecule has 1 aliphatic heterocycles. The Kier molecular flexibility index (Phi) is 5.24. The number of carbonyl (C=O) groups excluding carboxylic acids is 2. The molecule has 1 saturated heterocycles. The minimum absolute atomic E-state index is 0.00781. The molecule has 30 heavy (non-hydrogen) atoms. The number of carbonyl (C=O) groups is 2. The molecule has 150 valence electrons. The number of furan rings is 1. The van der Waals surface area contributed by atoms with Crippen molar-refractivity contribution in [3.8, 4) is 11.3 Å². The van der Waals surface area contributed by atoms with Crippen LogP contribution in [-0.2, 0) is 11.2 Å². The summed E-state index contributed by atoms with van der Waals surface area (Å²) in [5, 5.41) is 10.4. The Balaban J connectivity index is 1.59. The maximum Gasteiger partial charge on any atom is 0.298 e. The van der Waals surface area contributed by atoms with Crippen molar-refractivity contribution in [3.05, 3.63) is 87.0 Å². The molecule has 3 aromatic rings. The number of aryl methyl sites for hydroxylation is 1. The first-order valence-corrected chi connectivity index (χ1v) is 10.00. The van der Waals surface area contributed by atoms with Gasteiger partial charge in [-0.15, -0.1) is 0 Å². The predicted octanol–water partition coefficient (Wildman–Crippen LogP) is 5.66. The van der Waals surface area contributed by atoms with E-state index in [1.807, 2.05) is 19.1 Å². The number of nitrogens with zero attached hydrogens (tertiary/aromatic N) is 2. The number of rotatable bonds is 5. The lowest BCUT2D eigenvalue weighted by atomic mass is 10.1. The van der Waals surface area contributed by atoms with Gasteiger partial charge in [0.1, 0.15) is 11.5 Å². The number of hydrogen-bond donors (Lipinski definition) is 0. The van der Waals surface area contributed by atoms with Crippen LogP contribution in [-0.4, -0.2) is 16.1 Å². The molecule has 2 aromatic carbocycles. The number of anilines is 1. The highest BCUT2D eigenvalue weighted by molar-refractivity contribution is 8.19. The van der Waals surface area contributed by atoms with Gasteiger partial charge in [0.25, 0.3) is 16.8 Å². The molecule has 1 aliphatic rings. The van der Waals surface area contributed by atoms with E-state index in [2.05, 4.69) is 0 Å². The number of non-ortho nitro benzene ring substituents is 1. The first-order valence-electron chi connectivity index (χ1n) is 9.18. The molecular formula is C22H16N2O5S. The highest BCUT2D eigenvalue weighted by atomic mass is 32.2. The van der Waals surface area contributed by atoms with E-state index in [-0.39, 0.29) is 21.7 Å². The minimum Gasteiger partial charge on any atom is -0.457 e. The maximum atomic E-state index is 12.9. The van der Waals surface area contributed by atoms with Crippen LogP contribution in [0.4, 0.5) is 16.2 Å². The summed E-state index contributed by atoms with van der Waals surface area (Å²) in [5.41, 5.74) is 2.17. The number of para-hydroxylation sites is 1. The molecule has 0 N–H and O–H groups in total. The second kappa shape index (κ2) is 8.00. The van der Waals surface area contributed by atoms with E-state index in [0.717, 1.165) is 17.3 Å². The lowest BCUT2D eigenvalue weighted by molar-refractivity contribution is -0.384. The lowest BCUT2D eigenvalue weighted by Gasteiger charge is -2.16. The third-order valence-electron chi connectivity index (χ3n) is 4.67. The Morgan fingerprint density at radius 2 is 1.80 bits per heavy atom. The van der Waals surface area contributed by atoms with Crippen LogP contribution >= 0.6 is 11.8 Å². The Morgan fingerprint density at radius 3 is 2.50 bits per heavy atom. The highest BCUT2D eigenvalue weighted by Gasteiger charge is 2.37. The van der Waals surface area contributed by atoms with E-state index < -0.39 is 4.92 Å². The van der Waals surface area contributed by atoms with Crippen LogP contribution in [0.1, 0.15) is 18.2 Å². The van der Waals surface area contributed by atoms with E-state index in [9.17, 15) is 19.7 Å². The van der Waals surface area contributed by atoms with Gasteiger partial charge in [0.05, 0.1) is 15.5 Å². The van der Waals surface area contributed by atoms with Crippen LogP contribution in [0.3, 0.4) is 0 Å². The molecule has 8 heteroatoms. The van der Waals surface area contributed by atoms with Crippen LogP contribution in [0, 0.1) is 10.1 Å². The third kappa shape index (κ3) is 3.65. The Bertz CT molecular complexity index is 1180. The largest absolute Gasteiger partial charge is 0.457 e. The fourth-order valence-electron chi connectivity index (χ4n) is 3.17. The van der Waals surface area contributed by atoms with Crippen molar-refractivity contribution in [3.63, 3.8) is 0 Å². The first kappa shape index (κ1) is 19.7. The van der Waals surface area contributed by atoms with Crippen molar-refractivity contribution in [2.75, 3.05) is 4.90 Å². The zero-order chi connectivity index (χ0) is 21.3. The zero-order valence-electron chi connectivity index (χ0n) is 15.9. The monoisotopic (exact) mass is 420 g/mol. The lowest BCUT2D eigenvalue weighted by Crippen LogP contribution is -2.28. The van der Waals surface area contributed by atoms with E-state index >= 15 is 0 Å². The number of nitro benzene ring substituents is 1. The van der Waals surface area contributed by atoms with E-state index in [0.29, 0.717) is 29.2 Å². The topological polar surface area (TPSA) is 93.7 Å². The Morgan fingerprint density at radius 1 is 1.07 bits per heavy atom. The van der Waals surface area contributed by atoms with Gasteiger partial charge in [0.2, 0.25) is 0 Å². The van der Waals surface area contributed by atoms with Crippen molar-refractivity contribution in [1.82, 2.24) is 0 Å². The van der Waals surface area contributed by atoms with Crippen molar-refractivity contribution in [2.24, 2.45) is 0 Å². The third-order valence-corrected chi connectivity index (χ3v) is 5.54. The molecule has 0 atom stereocenters. The summed E-state index contributed by atoms with van der Waals surface area (Å²) in [7, 11) is 0. The molecule has 0 radical (unpaired) electrons. The summed E-state index contributed by atoms with van der Waals surface area (Å²) in [6.45, 7) is 1.97. The minimum atomic E-state index is -0.468. The molecule has 7 nitrogen and oxygen atoms in total. The van der Waals surface area contributed by atoms with Crippen LogP contribution in [0.15, 0.2) is 70.0 Å². The second-order valence-corrected chi connectivity index (χ2v) is 7.50. The van der Waals surface area contributed by atoms with Crippen LogP contribution < -0.4 is 4.90 Å². The van der Waals surface area contributed by atoms with Gasteiger partial charge in [-0.2, -0.15) is 0 Å². The molecule has 0 bridgehead atoms. The second-order valence-electron chi connectivity index (χ2n) is 6.51. The Labute approximate surface area is 176 Å². The molecule has 4 rings (SSSR count). The van der Waals surface area contributed by atoms with Crippen LogP contribution in [0.2, 0.25) is 0 Å². The van der Waals surface area contributed by atoms with Gasteiger partial charge in [0.15, 0.2) is 0 Å². The molecule has 0 aliphatic carbocycles. The van der Waals surface area contributed by atoms with Crippen LogP contribution in [0.5, 0.6) is 0 Å². The van der Waals surface area contributed by atoms with Crippen molar-refractivity contribution in [1.29, 1.82) is 0 Å². The zero-order valence-corrected chi connectivity index (χ0v) is 16.7. The smallest absolute Gasteiger partial charge is 0.298 e. The Hall–Kier alpha value is -3.65. The normalized spacial score (nSPS) is 15.2. The standard InChI is InChI=1S/C22H16N2O5S/c1-2-14-5-3-4-6-18(14)23-21(25)20(30-22(23)26)13-17-11-12-19(29-17)15-7-9-16(10-8-15)24(27)28/h3-13H,2H2,1H3/b20-13+.